The van der Waals surface area contributed by atoms with Crippen LogP contribution in [0.25, 0.3) is 16.3 Å². The SMILES string of the molecule is CCc1nn2cc(-c3nccnc3C)nc2s1. The summed E-state index contributed by atoms with van der Waals surface area (Å²) < 4.78 is 1.81. The zero-order valence-corrected chi connectivity index (χ0v) is 10.4. The fourth-order valence-electron chi connectivity index (χ4n) is 1.66. The van der Waals surface area contributed by atoms with Crippen LogP contribution in [0.1, 0.15) is 17.6 Å². The lowest BCUT2D eigenvalue weighted by atomic mass is 10.2. The number of aromatic nitrogens is 5. The average molecular weight is 245 g/mol. The summed E-state index contributed by atoms with van der Waals surface area (Å²) in [7, 11) is 0. The molecule has 0 unspecified atom stereocenters. The lowest BCUT2D eigenvalue weighted by Gasteiger charge is -1.97. The Balaban J connectivity index is 2.13. The minimum Gasteiger partial charge on any atom is -0.258 e. The second-order valence-corrected chi connectivity index (χ2v) is 4.73. The van der Waals surface area contributed by atoms with Crippen LogP contribution < -0.4 is 0 Å². The van der Waals surface area contributed by atoms with Gasteiger partial charge in [-0.25, -0.2) is 9.50 Å². The van der Waals surface area contributed by atoms with Gasteiger partial charge in [0.05, 0.1) is 11.9 Å². The van der Waals surface area contributed by atoms with E-state index >= 15 is 0 Å². The van der Waals surface area contributed by atoms with Gasteiger partial charge in [0.15, 0.2) is 0 Å². The highest BCUT2D eigenvalue weighted by Gasteiger charge is 2.11. The third kappa shape index (κ3) is 1.70. The molecule has 3 aromatic rings. The van der Waals surface area contributed by atoms with Crippen LogP contribution in [0.3, 0.4) is 0 Å². The van der Waals surface area contributed by atoms with Crippen LogP contribution in [0.4, 0.5) is 0 Å². The fourth-order valence-corrected chi connectivity index (χ4v) is 2.47. The van der Waals surface area contributed by atoms with Crippen LogP contribution in [-0.4, -0.2) is 24.6 Å². The van der Waals surface area contributed by atoms with Crippen LogP contribution in [0, 0.1) is 6.92 Å². The van der Waals surface area contributed by atoms with Crippen LogP contribution in [0.2, 0.25) is 0 Å². The monoisotopic (exact) mass is 245 g/mol. The lowest BCUT2D eigenvalue weighted by molar-refractivity contribution is 0.910. The smallest absolute Gasteiger partial charge is 0.212 e. The Morgan fingerprint density at radius 3 is 2.82 bits per heavy atom. The van der Waals surface area contributed by atoms with Crippen molar-refractivity contribution in [2.45, 2.75) is 20.3 Å². The van der Waals surface area contributed by atoms with Crippen molar-refractivity contribution in [2.24, 2.45) is 0 Å². The maximum atomic E-state index is 4.53. The molecular weight excluding hydrogens is 234 g/mol. The second-order valence-electron chi connectivity index (χ2n) is 3.69. The third-order valence-corrected chi connectivity index (χ3v) is 3.58. The number of aryl methyl sites for hydroxylation is 2. The molecule has 0 fully saturated rings. The number of imidazole rings is 1. The Morgan fingerprint density at radius 1 is 1.29 bits per heavy atom. The van der Waals surface area contributed by atoms with Gasteiger partial charge < -0.3 is 0 Å². The maximum Gasteiger partial charge on any atom is 0.212 e. The van der Waals surface area contributed by atoms with Crippen molar-refractivity contribution in [2.75, 3.05) is 0 Å². The highest BCUT2D eigenvalue weighted by Crippen LogP contribution is 2.22. The molecule has 0 amide bonds. The van der Waals surface area contributed by atoms with Crippen molar-refractivity contribution in [3.63, 3.8) is 0 Å². The first-order valence-electron chi connectivity index (χ1n) is 5.41. The van der Waals surface area contributed by atoms with Gasteiger partial charge in [-0.3, -0.25) is 9.97 Å². The van der Waals surface area contributed by atoms with Crippen LogP contribution in [0.15, 0.2) is 18.6 Å². The van der Waals surface area contributed by atoms with Gasteiger partial charge in [0.25, 0.3) is 0 Å². The van der Waals surface area contributed by atoms with Crippen molar-refractivity contribution in [1.29, 1.82) is 0 Å². The molecule has 0 radical (unpaired) electrons. The summed E-state index contributed by atoms with van der Waals surface area (Å²) in [6, 6.07) is 0. The van der Waals surface area contributed by atoms with Gasteiger partial charge in [0, 0.05) is 12.4 Å². The van der Waals surface area contributed by atoms with Gasteiger partial charge in [-0.15, -0.1) is 0 Å². The molecule has 6 heteroatoms. The normalized spacial score (nSPS) is 11.2. The molecule has 3 rings (SSSR count). The van der Waals surface area contributed by atoms with Crippen LogP contribution in [-0.2, 0) is 6.42 Å². The van der Waals surface area contributed by atoms with E-state index in [2.05, 4.69) is 27.0 Å². The molecule has 5 nitrogen and oxygen atoms in total. The largest absolute Gasteiger partial charge is 0.258 e. The summed E-state index contributed by atoms with van der Waals surface area (Å²) in [5, 5.41) is 5.52. The molecule has 0 bridgehead atoms. The van der Waals surface area contributed by atoms with E-state index < -0.39 is 0 Å². The number of hydrogen-bond acceptors (Lipinski definition) is 5. The molecule has 0 aliphatic heterocycles. The Hall–Kier alpha value is -1.82. The zero-order chi connectivity index (χ0) is 11.8. The Bertz CT molecular complexity index is 638. The van der Waals surface area contributed by atoms with Gasteiger partial charge in [0.1, 0.15) is 16.4 Å². The summed E-state index contributed by atoms with van der Waals surface area (Å²) in [6.45, 7) is 4.02. The molecule has 17 heavy (non-hydrogen) atoms. The first-order chi connectivity index (χ1) is 8.28. The molecule has 0 aliphatic carbocycles. The molecule has 0 saturated heterocycles. The maximum absolute atomic E-state index is 4.53. The molecule has 0 aliphatic rings. The van der Waals surface area contributed by atoms with E-state index in [0.717, 1.165) is 33.5 Å². The Kier molecular flexibility index (Phi) is 2.36. The fraction of sp³-hybridized carbons (Fsp3) is 0.273. The van der Waals surface area contributed by atoms with E-state index in [-0.39, 0.29) is 0 Å². The minimum absolute atomic E-state index is 0.822. The number of rotatable bonds is 2. The Labute approximate surface area is 102 Å². The van der Waals surface area contributed by atoms with Gasteiger partial charge in [-0.2, -0.15) is 5.10 Å². The first-order valence-corrected chi connectivity index (χ1v) is 6.22. The molecular formula is C11H11N5S. The van der Waals surface area contributed by atoms with Crippen molar-refractivity contribution in [1.82, 2.24) is 24.6 Å². The summed E-state index contributed by atoms with van der Waals surface area (Å²) in [6.07, 6.45) is 6.21. The number of nitrogens with zero attached hydrogens (tertiary/aromatic N) is 5. The van der Waals surface area contributed by atoms with Gasteiger partial charge in [0.2, 0.25) is 4.96 Å². The Morgan fingerprint density at radius 2 is 2.12 bits per heavy atom. The predicted octanol–water partition coefficient (Wildman–Crippen LogP) is 2.12. The topological polar surface area (TPSA) is 56.0 Å². The summed E-state index contributed by atoms with van der Waals surface area (Å²) in [5.74, 6) is 0. The van der Waals surface area contributed by atoms with E-state index in [9.17, 15) is 0 Å². The van der Waals surface area contributed by atoms with Crippen LogP contribution >= 0.6 is 11.3 Å². The molecule has 0 aromatic carbocycles. The average Bonchev–Trinajstić information content (AvgIpc) is 2.86. The standard InChI is InChI=1S/C11H11N5S/c1-3-9-15-16-6-8(14-11(16)17-9)10-7(2)12-4-5-13-10/h4-6H,3H2,1-2H3. The molecule has 0 atom stereocenters. The van der Waals surface area contributed by atoms with Crippen molar-refractivity contribution < 1.29 is 0 Å². The van der Waals surface area contributed by atoms with E-state index in [1.165, 1.54) is 0 Å². The highest BCUT2D eigenvalue weighted by atomic mass is 32.1. The lowest BCUT2D eigenvalue weighted by Crippen LogP contribution is -1.91. The highest BCUT2D eigenvalue weighted by molar-refractivity contribution is 7.16. The van der Waals surface area contributed by atoms with E-state index in [1.807, 2.05) is 17.6 Å². The summed E-state index contributed by atoms with van der Waals surface area (Å²) in [5.41, 5.74) is 2.54. The van der Waals surface area contributed by atoms with Gasteiger partial charge in [-0.1, -0.05) is 18.3 Å². The zero-order valence-electron chi connectivity index (χ0n) is 9.58. The molecule has 0 saturated carbocycles. The molecule has 0 spiro atoms. The van der Waals surface area contributed by atoms with Crippen molar-refractivity contribution in [3.8, 4) is 11.4 Å². The van der Waals surface area contributed by atoms with Crippen molar-refractivity contribution in [3.05, 3.63) is 29.3 Å². The third-order valence-electron chi connectivity index (χ3n) is 2.51. The summed E-state index contributed by atoms with van der Waals surface area (Å²) >= 11 is 1.61. The minimum atomic E-state index is 0.822. The molecule has 0 N–H and O–H groups in total. The first kappa shape index (κ1) is 10.3. The number of fused-ring (bicyclic) bond motifs is 1. The summed E-state index contributed by atoms with van der Waals surface area (Å²) in [4.78, 5) is 14.0. The van der Waals surface area contributed by atoms with Gasteiger partial charge in [-0.05, 0) is 13.3 Å². The van der Waals surface area contributed by atoms with E-state index in [4.69, 9.17) is 0 Å². The van der Waals surface area contributed by atoms with Crippen LogP contribution in [0.5, 0.6) is 0 Å². The van der Waals surface area contributed by atoms with Crippen molar-refractivity contribution >= 4 is 16.3 Å². The number of hydrogen-bond donors (Lipinski definition) is 0. The second kappa shape index (κ2) is 3.89. The molecule has 86 valence electrons. The predicted molar refractivity (Wildman–Crippen MR) is 66.0 cm³/mol. The van der Waals surface area contributed by atoms with E-state index in [1.54, 1.807) is 23.7 Å². The van der Waals surface area contributed by atoms with E-state index in [0.29, 0.717) is 0 Å². The molecule has 3 heterocycles. The van der Waals surface area contributed by atoms with Gasteiger partial charge >= 0.3 is 0 Å². The molecule has 3 aromatic heterocycles. The quantitative estimate of drug-likeness (QED) is 0.694.